The van der Waals surface area contributed by atoms with E-state index >= 15 is 0 Å². The minimum Gasteiger partial charge on any atom is -0.393 e. The molecule has 0 saturated carbocycles. The molecule has 1 heterocycles. The van der Waals surface area contributed by atoms with Gasteiger partial charge in [0.1, 0.15) is 0 Å². The van der Waals surface area contributed by atoms with Crippen LogP contribution in [0.3, 0.4) is 0 Å². The van der Waals surface area contributed by atoms with Crippen molar-refractivity contribution in [3.8, 4) is 0 Å². The summed E-state index contributed by atoms with van der Waals surface area (Å²) in [6.07, 6.45) is 1.25. The summed E-state index contributed by atoms with van der Waals surface area (Å²) < 4.78 is 5.19. The molecule has 96 valence electrons. The maximum Gasteiger partial charge on any atom is 0.0900 e. The van der Waals surface area contributed by atoms with Crippen molar-refractivity contribution in [2.45, 2.75) is 38.9 Å². The fourth-order valence-electron chi connectivity index (χ4n) is 2.27. The van der Waals surface area contributed by atoms with Crippen LogP contribution in [-0.4, -0.2) is 60.2 Å². The molecule has 0 aliphatic carbocycles. The molecular formula is C12H25NO3. The zero-order valence-electron chi connectivity index (χ0n) is 10.4. The van der Waals surface area contributed by atoms with E-state index in [0.29, 0.717) is 25.7 Å². The maximum absolute atomic E-state index is 9.75. The van der Waals surface area contributed by atoms with Crippen molar-refractivity contribution in [1.82, 2.24) is 4.90 Å². The van der Waals surface area contributed by atoms with Crippen LogP contribution in [0, 0.1) is 5.92 Å². The molecule has 1 saturated heterocycles. The van der Waals surface area contributed by atoms with E-state index in [0.717, 1.165) is 25.9 Å². The van der Waals surface area contributed by atoms with Gasteiger partial charge >= 0.3 is 0 Å². The normalized spacial score (nSPS) is 29.2. The molecule has 3 unspecified atom stereocenters. The Morgan fingerprint density at radius 1 is 1.44 bits per heavy atom. The highest BCUT2D eigenvalue weighted by Crippen LogP contribution is 2.19. The van der Waals surface area contributed by atoms with E-state index in [1.165, 1.54) is 0 Å². The number of nitrogens with zero attached hydrogens (tertiary/aromatic N) is 1. The lowest BCUT2D eigenvalue weighted by molar-refractivity contribution is -0.0149. The van der Waals surface area contributed by atoms with Crippen LogP contribution < -0.4 is 0 Å². The molecule has 0 amide bonds. The van der Waals surface area contributed by atoms with E-state index in [-0.39, 0.29) is 6.10 Å². The van der Waals surface area contributed by atoms with Gasteiger partial charge in [0.15, 0.2) is 0 Å². The molecule has 3 atom stereocenters. The molecule has 1 rings (SSSR count). The van der Waals surface area contributed by atoms with E-state index in [9.17, 15) is 10.2 Å². The second kappa shape index (κ2) is 7.22. The molecule has 1 aliphatic rings. The van der Waals surface area contributed by atoms with Crippen LogP contribution in [0.2, 0.25) is 0 Å². The third kappa shape index (κ3) is 4.37. The van der Waals surface area contributed by atoms with Gasteiger partial charge < -0.3 is 19.8 Å². The van der Waals surface area contributed by atoms with Crippen molar-refractivity contribution in [2.24, 2.45) is 5.92 Å². The fourth-order valence-corrected chi connectivity index (χ4v) is 2.27. The summed E-state index contributed by atoms with van der Waals surface area (Å²) in [5, 5.41) is 19.5. The second-order valence-corrected chi connectivity index (χ2v) is 4.60. The Balaban J connectivity index is 2.27. The van der Waals surface area contributed by atoms with Crippen LogP contribution in [0.15, 0.2) is 0 Å². The average molecular weight is 231 g/mol. The van der Waals surface area contributed by atoms with E-state index in [1.807, 2.05) is 6.92 Å². The molecule has 1 aliphatic heterocycles. The molecular weight excluding hydrogens is 206 g/mol. The summed E-state index contributed by atoms with van der Waals surface area (Å²) in [6.45, 7) is 7.51. The zero-order chi connectivity index (χ0) is 12.0. The van der Waals surface area contributed by atoms with Crippen molar-refractivity contribution in [2.75, 3.05) is 32.8 Å². The lowest BCUT2D eigenvalue weighted by Crippen LogP contribution is -2.46. The second-order valence-electron chi connectivity index (χ2n) is 4.60. The third-order valence-electron chi connectivity index (χ3n) is 3.29. The van der Waals surface area contributed by atoms with E-state index in [1.54, 1.807) is 0 Å². The number of ether oxygens (including phenoxy) is 1. The Labute approximate surface area is 98.2 Å². The quantitative estimate of drug-likeness (QED) is 0.698. The lowest BCUT2D eigenvalue weighted by Gasteiger charge is -2.36. The van der Waals surface area contributed by atoms with Gasteiger partial charge in [0.25, 0.3) is 0 Å². The smallest absolute Gasteiger partial charge is 0.0900 e. The number of aliphatic hydroxyl groups is 2. The van der Waals surface area contributed by atoms with E-state index in [2.05, 4.69) is 11.8 Å². The summed E-state index contributed by atoms with van der Waals surface area (Å²) in [6, 6.07) is 0. The van der Waals surface area contributed by atoms with Crippen LogP contribution >= 0.6 is 0 Å². The first-order valence-corrected chi connectivity index (χ1v) is 6.33. The predicted molar refractivity (Wildman–Crippen MR) is 63.3 cm³/mol. The van der Waals surface area contributed by atoms with Crippen molar-refractivity contribution >= 4 is 0 Å². The Bertz CT molecular complexity index is 189. The summed E-state index contributed by atoms with van der Waals surface area (Å²) in [5.74, 6) is 0.355. The Morgan fingerprint density at radius 2 is 2.19 bits per heavy atom. The molecule has 0 aromatic carbocycles. The molecule has 2 N–H and O–H groups in total. The van der Waals surface area contributed by atoms with Crippen molar-refractivity contribution < 1.29 is 14.9 Å². The monoisotopic (exact) mass is 231 g/mol. The van der Waals surface area contributed by atoms with Crippen LogP contribution in [-0.2, 0) is 4.74 Å². The molecule has 0 aromatic heterocycles. The number of hydrogen-bond acceptors (Lipinski definition) is 4. The molecule has 0 bridgehead atoms. The summed E-state index contributed by atoms with van der Waals surface area (Å²) in [7, 11) is 0. The van der Waals surface area contributed by atoms with E-state index in [4.69, 9.17) is 4.74 Å². The van der Waals surface area contributed by atoms with Gasteiger partial charge in [-0.25, -0.2) is 0 Å². The van der Waals surface area contributed by atoms with Gasteiger partial charge in [-0.05, 0) is 25.7 Å². The largest absolute Gasteiger partial charge is 0.393 e. The summed E-state index contributed by atoms with van der Waals surface area (Å²) >= 11 is 0. The van der Waals surface area contributed by atoms with Gasteiger partial charge in [-0.2, -0.15) is 0 Å². The number of hydrogen-bond donors (Lipinski definition) is 2. The Morgan fingerprint density at radius 3 is 2.81 bits per heavy atom. The average Bonchev–Trinajstić information content (AvgIpc) is 2.29. The van der Waals surface area contributed by atoms with Crippen molar-refractivity contribution in [1.29, 1.82) is 0 Å². The number of piperidine rings is 1. The van der Waals surface area contributed by atoms with E-state index < -0.39 is 6.10 Å². The lowest BCUT2D eigenvalue weighted by atomic mass is 9.92. The van der Waals surface area contributed by atoms with Crippen molar-refractivity contribution in [3.63, 3.8) is 0 Å². The first-order chi connectivity index (χ1) is 7.67. The predicted octanol–water partition coefficient (Wildman–Crippen LogP) is 0.477. The third-order valence-corrected chi connectivity index (χ3v) is 3.29. The first-order valence-electron chi connectivity index (χ1n) is 6.33. The topological polar surface area (TPSA) is 52.9 Å². The van der Waals surface area contributed by atoms with Gasteiger partial charge in [-0.1, -0.05) is 6.92 Å². The SMILES string of the molecule is CCOCC(O)CN1CCC(O)C(CC)C1. The highest BCUT2D eigenvalue weighted by molar-refractivity contribution is 4.80. The standard InChI is InChI=1S/C12H25NO3/c1-3-10-7-13(6-5-12(10)15)8-11(14)9-16-4-2/h10-12,14-15H,3-9H2,1-2H3. The maximum atomic E-state index is 9.75. The first kappa shape index (κ1) is 13.9. The molecule has 0 spiro atoms. The van der Waals surface area contributed by atoms with Gasteiger partial charge in [0, 0.05) is 26.2 Å². The number of likely N-dealkylation sites (tertiary alicyclic amines) is 1. The minimum absolute atomic E-state index is 0.162. The fraction of sp³-hybridized carbons (Fsp3) is 1.00. The highest BCUT2D eigenvalue weighted by atomic mass is 16.5. The molecule has 1 fully saturated rings. The molecule has 0 radical (unpaired) electrons. The van der Waals surface area contributed by atoms with Crippen LogP contribution in [0.1, 0.15) is 26.7 Å². The molecule has 4 heteroatoms. The highest BCUT2D eigenvalue weighted by Gasteiger charge is 2.27. The van der Waals surface area contributed by atoms with Gasteiger partial charge in [-0.15, -0.1) is 0 Å². The van der Waals surface area contributed by atoms with Gasteiger partial charge in [-0.3, -0.25) is 0 Å². The number of β-amino-alcohol motifs (C(OH)–C–C–N with tert-alkyl or cyclic N) is 1. The molecule has 16 heavy (non-hydrogen) atoms. The van der Waals surface area contributed by atoms with Gasteiger partial charge in [0.05, 0.1) is 18.8 Å². The number of aliphatic hydroxyl groups excluding tert-OH is 2. The van der Waals surface area contributed by atoms with Crippen molar-refractivity contribution in [3.05, 3.63) is 0 Å². The molecule has 4 nitrogen and oxygen atoms in total. The zero-order valence-corrected chi connectivity index (χ0v) is 10.4. The van der Waals surface area contributed by atoms with Gasteiger partial charge in [0.2, 0.25) is 0 Å². The number of rotatable bonds is 6. The summed E-state index contributed by atoms with van der Waals surface area (Å²) in [5.41, 5.74) is 0. The summed E-state index contributed by atoms with van der Waals surface area (Å²) in [4.78, 5) is 2.23. The minimum atomic E-state index is -0.410. The van der Waals surface area contributed by atoms with Crippen LogP contribution in [0.4, 0.5) is 0 Å². The Kier molecular flexibility index (Phi) is 6.28. The Hall–Kier alpha value is -0.160. The molecule has 0 aromatic rings. The van der Waals surface area contributed by atoms with Crippen LogP contribution in [0.5, 0.6) is 0 Å². The van der Waals surface area contributed by atoms with Crippen LogP contribution in [0.25, 0.3) is 0 Å².